The second-order valence-electron chi connectivity index (χ2n) is 5.16. The molecule has 0 aliphatic rings. The van der Waals surface area contributed by atoms with Gasteiger partial charge in [0.15, 0.2) is 0 Å². The Kier molecular flexibility index (Phi) is 5.55. The minimum Gasteiger partial charge on any atom is -0.373 e. The molecule has 2 aromatic rings. The summed E-state index contributed by atoms with van der Waals surface area (Å²) in [6, 6.07) is 10.5. The van der Waals surface area contributed by atoms with E-state index < -0.39 is 0 Å². The zero-order valence-corrected chi connectivity index (χ0v) is 13.1. The van der Waals surface area contributed by atoms with Crippen molar-refractivity contribution in [3.8, 4) is 0 Å². The molecule has 0 saturated heterocycles. The van der Waals surface area contributed by atoms with E-state index in [9.17, 15) is 0 Å². The fraction of sp³-hybridized carbons (Fsp3) is 0.412. The highest BCUT2D eigenvalue weighted by Gasteiger charge is 2.03. The lowest BCUT2D eigenvalue weighted by atomic mass is 10.1. The van der Waals surface area contributed by atoms with Gasteiger partial charge in [0, 0.05) is 26.1 Å². The normalized spacial score (nSPS) is 10.4. The zero-order chi connectivity index (χ0) is 15.1. The van der Waals surface area contributed by atoms with E-state index in [-0.39, 0.29) is 0 Å². The first-order valence-electron chi connectivity index (χ1n) is 7.57. The van der Waals surface area contributed by atoms with Crippen molar-refractivity contribution in [1.82, 2.24) is 9.97 Å². The van der Waals surface area contributed by atoms with Gasteiger partial charge in [0.05, 0.1) is 0 Å². The largest absolute Gasteiger partial charge is 0.373 e. The quantitative estimate of drug-likeness (QED) is 0.818. The first kappa shape index (κ1) is 15.3. The average Bonchev–Trinajstić information content (AvgIpc) is 2.49. The summed E-state index contributed by atoms with van der Waals surface area (Å²) in [5, 5.41) is 6.50. The van der Waals surface area contributed by atoms with Gasteiger partial charge in [0.1, 0.15) is 17.5 Å². The molecule has 2 N–H and O–H groups in total. The fourth-order valence-corrected chi connectivity index (χ4v) is 2.27. The van der Waals surface area contributed by atoms with Crippen molar-refractivity contribution in [3.05, 3.63) is 47.3 Å². The first-order valence-corrected chi connectivity index (χ1v) is 7.57. The lowest BCUT2D eigenvalue weighted by Gasteiger charge is -2.10. The van der Waals surface area contributed by atoms with Crippen molar-refractivity contribution in [3.63, 3.8) is 0 Å². The van der Waals surface area contributed by atoms with Gasteiger partial charge in [-0.15, -0.1) is 0 Å². The van der Waals surface area contributed by atoms with E-state index in [2.05, 4.69) is 58.7 Å². The predicted molar refractivity (Wildman–Crippen MR) is 88.9 cm³/mol. The molecule has 0 amide bonds. The van der Waals surface area contributed by atoms with E-state index in [1.54, 1.807) is 0 Å². The highest BCUT2D eigenvalue weighted by molar-refractivity contribution is 5.47. The highest BCUT2D eigenvalue weighted by Crippen LogP contribution is 2.13. The van der Waals surface area contributed by atoms with Gasteiger partial charge in [0.25, 0.3) is 0 Å². The topological polar surface area (TPSA) is 49.8 Å². The van der Waals surface area contributed by atoms with E-state index >= 15 is 0 Å². The van der Waals surface area contributed by atoms with Gasteiger partial charge >= 0.3 is 0 Å². The third-order valence-electron chi connectivity index (χ3n) is 3.46. The van der Waals surface area contributed by atoms with Crippen LogP contribution in [0.3, 0.4) is 0 Å². The number of hydrogen-bond donors (Lipinski definition) is 2. The number of anilines is 2. The summed E-state index contributed by atoms with van der Waals surface area (Å²) in [6.07, 6.45) is 2.95. The van der Waals surface area contributed by atoms with Crippen LogP contribution < -0.4 is 10.6 Å². The van der Waals surface area contributed by atoms with Gasteiger partial charge < -0.3 is 10.6 Å². The third kappa shape index (κ3) is 4.45. The van der Waals surface area contributed by atoms with Crippen molar-refractivity contribution < 1.29 is 0 Å². The number of nitrogens with one attached hydrogen (secondary N) is 2. The molecule has 1 heterocycles. The van der Waals surface area contributed by atoms with Gasteiger partial charge in [-0.3, -0.25) is 0 Å². The van der Waals surface area contributed by atoms with Crippen molar-refractivity contribution in [1.29, 1.82) is 0 Å². The van der Waals surface area contributed by atoms with E-state index in [1.807, 2.05) is 13.1 Å². The molecule has 0 bridgehead atoms. The summed E-state index contributed by atoms with van der Waals surface area (Å²) in [5.41, 5.74) is 2.71. The Morgan fingerprint density at radius 3 is 2.52 bits per heavy atom. The van der Waals surface area contributed by atoms with Crippen LogP contribution >= 0.6 is 0 Å². The van der Waals surface area contributed by atoms with Crippen LogP contribution in [-0.4, -0.2) is 23.6 Å². The van der Waals surface area contributed by atoms with Crippen LogP contribution in [0.5, 0.6) is 0 Å². The Morgan fingerprint density at radius 2 is 1.81 bits per heavy atom. The van der Waals surface area contributed by atoms with Crippen molar-refractivity contribution in [2.75, 3.05) is 24.2 Å². The second kappa shape index (κ2) is 7.62. The van der Waals surface area contributed by atoms with Crippen molar-refractivity contribution in [2.45, 2.75) is 33.1 Å². The molecule has 0 aliphatic carbocycles. The van der Waals surface area contributed by atoms with Gasteiger partial charge in [-0.2, -0.15) is 0 Å². The van der Waals surface area contributed by atoms with Gasteiger partial charge in [-0.05, 0) is 30.9 Å². The van der Waals surface area contributed by atoms with Crippen LogP contribution in [-0.2, 0) is 12.8 Å². The summed E-state index contributed by atoms with van der Waals surface area (Å²) in [6.45, 7) is 5.16. The molecule has 0 radical (unpaired) electrons. The van der Waals surface area contributed by atoms with Gasteiger partial charge in [-0.25, -0.2) is 9.97 Å². The molecule has 1 aromatic carbocycles. The number of hydrogen-bond acceptors (Lipinski definition) is 4. The highest BCUT2D eigenvalue weighted by atomic mass is 15.1. The maximum Gasteiger partial charge on any atom is 0.133 e. The average molecular weight is 284 g/mol. The molecule has 4 nitrogen and oxygen atoms in total. The Hall–Kier alpha value is -2.10. The number of aryl methyl sites for hydroxylation is 2. The molecule has 0 unspecified atom stereocenters. The molecule has 0 atom stereocenters. The number of nitrogens with zero attached hydrogens (tertiary/aromatic N) is 2. The van der Waals surface area contributed by atoms with Crippen LogP contribution in [0.1, 0.15) is 30.3 Å². The number of rotatable bonds is 7. The molecule has 112 valence electrons. The Labute approximate surface area is 127 Å². The smallest absolute Gasteiger partial charge is 0.133 e. The molecule has 0 fully saturated rings. The molecule has 4 heteroatoms. The van der Waals surface area contributed by atoms with Crippen LogP contribution in [0, 0.1) is 6.92 Å². The standard InChI is InChI=1S/C17H24N4/c1-4-7-15-20-16(18-3)12-17(21-15)19-11-10-14-9-6-5-8-13(14)2/h5-6,8-9,12H,4,7,10-11H2,1-3H3,(H2,18,19,20,21). The first-order chi connectivity index (χ1) is 10.2. The minimum absolute atomic E-state index is 0.867. The van der Waals surface area contributed by atoms with Crippen LogP contribution in [0.2, 0.25) is 0 Å². The van der Waals surface area contributed by atoms with Crippen LogP contribution in [0.25, 0.3) is 0 Å². The fourth-order valence-electron chi connectivity index (χ4n) is 2.27. The molecular formula is C17H24N4. The predicted octanol–water partition coefficient (Wildman–Crippen LogP) is 3.43. The van der Waals surface area contributed by atoms with E-state index in [0.29, 0.717) is 0 Å². The molecule has 1 aromatic heterocycles. The Balaban J connectivity index is 1.99. The summed E-state index contributed by atoms with van der Waals surface area (Å²) in [5.74, 6) is 2.65. The van der Waals surface area contributed by atoms with Crippen LogP contribution in [0.4, 0.5) is 11.6 Å². The maximum absolute atomic E-state index is 4.56. The molecule has 2 rings (SSSR count). The van der Waals surface area contributed by atoms with E-state index in [1.165, 1.54) is 11.1 Å². The van der Waals surface area contributed by atoms with Crippen molar-refractivity contribution >= 4 is 11.6 Å². The van der Waals surface area contributed by atoms with Gasteiger partial charge in [0.2, 0.25) is 0 Å². The lowest BCUT2D eigenvalue weighted by Crippen LogP contribution is -2.10. The zero-order valence-electron chi connectivity index (χ0n) is 13.1. The maximum atomic E-state index is 4.56. The second-order valence-corrected chi connectivity index (χ2v) is 5.16. The SMILES string of the molecule is CCCc1nc(NC)cc(NCCc2ccccc2C)n1. The summed E-state index contributed by atoms with van der Waals surface area (Å²) < 4.78 is 0. The van der Waals surface area contributed by atoms with Crippen molar-refractivity contribution in [2.24, 2.45) is 0 Å². The van der Waals surface area contributed by atoms with E-state index in [4.69, 9.17) is 0 Å². The molecular weight excluding hydrogens is 260 g/mol. The molecule has 0 saturated carbocycles. The summed E-state index contributed by atoms with van der Waals surface area (Å²) in [4.78, 5) is 9.02. The molecule has 0 spiro atoms. The Bertz CT molecular complexity index is 581. The Morgan fingerprint density at radius 1 is 1.05 bits per heavy atom. The minimum atomic E-state index is 0.867. The van der Waals surface area contributed by atoms with Gasteiger partial charge in [-0.1, -0.05) is 31.2 Å². The third-order valence-corrected chi connectivity index (χ3v) is 3.46. The number of aromatic nitrogens is 2. The van der Waals surface area contributed by atoms with E-state index in [0.717, 1.165) is 43.3 Å². The molecule has 21 heavy (non-hydrogen) atoms. The summed E-state index contributed by atoms with van der Waals surface area (Å²) >= 11 is 0. The molecule has 0 aliphatic heterocycles. The van der Waals surface area contributed by atoms with Crippen LogP contribution in [0.15, 0.2) is 30.3 Å². The lowest BCUT2D eigenvalue weighted by molar-refractivity contribution is 0.834. The summed E-state index contributed by atoms with van der Waals surface area (Å²) in [7, 11) is 1.88. The monoisotopic (exact) mass is 284 g/mol. The number of benzene rings is 1.